The highest BCUT2D eigenvalue weighted by Crippen LogP contribution is 2.24. The van der Waals surface area contributed by atoms with E-state index in [1.165, 1.54) is 18.2 Å². The zero-order valence-corrected chi connectivity index (χ0v) is 11.0. The molecule has 0 fully saturated rings. The smallest absolute Gasteiger partial charge is 0.257 e. The predicted octanol–water partition coefficient (Wildman–Crippen LogP) is 3.19. The molecule has 4 nitrogen and oxygen atoms in total. The number of carbonyl (C=O) groups is 1. The molecule has 0 heterocycles. The summed E-state index contributed by atoms with van der Waals surface area (Å²) < 4.78 is 0. The van der Waals surface area contributed by atoms with E-state index < -0.39 is 0 Å². The van der Waals surface area contributed by atoms with Gasteiger partial charge < -0.3 is 16.2 Å². The van der Waals surface area contributed by atoms with Crippen LogP contribution < -0.4 is 11.1 Å². The Morgan fingerprint density at radius 1 is 1.26 bits per heavy atom. The maximum atomic E-state index is 12.1. The van der Waals surface area contributed by atoms with E-state index in [9.17, 15) is 9.90 Å². The van der Waals surface area contributed by atoms with Crippen LogP contribution in [0.5, 0.6) is 5.75 Å². The lowest BCUT2D eigenvalue weighted by molar-refractivity contribution is 0.102. The van der Waals surface area contributed by atoms with E-state index in [1.54, 1.807) is 18.2 Å². The van der Waals surface area contributed by atoms with Crippen LogP contribution in [0, 0.1) is 6.92 Å². The number of nitrogens with two attached hydrogens (primary N) is 1. The van der Waals surface area contributed by atoms with E-state index in [2.05, 4.69) is 5.32 Å². The normalized spacial score (nSPS) is 10.2. The number of halogens is 1. The Labute approximate surface area is 115 Å². The summed E-state index contributed by atoms with van der Waals surface area (Å²) in [5, 5.41) is 12.4. The van der Waals surface area contributed by atoms with Crippen molar-refractivity contribution >= 4 is 28.9 Å². The molecule has 19 heavy (non-hydrogen) atoms. The first kappa shape index (κ1) is 13.2. The molecule has 1 amide bonds. The number of benzene rings is 2. The molecule has 0 spiro atoms. The zero-order chi connectivity index (χ0) is 14.0. The molecule has 2 aromatic rings. The van der Waals surface area contributed by atoms with Gasteiger partial charge in [0.15, 0.2) is 0 Å². The standard InChI is InChI=1S/C14H13ClN2O2/c1-8-6-9(16)2-5-13(8)17-14(19)11-7-10(18)3-4-12(11)15/h2-7,18H,16H2,1H3,(H,17,19). The summed E-state index contributed by atoms with van der Waals surface area (Å²) in [6, 6.07) is 9.41. The van der Waals surface area contributed by atoms with Gasteiger partial charge in [-0.15, -0.1) is 0 Å². The van der Waals surface area contributed by atoms with E-state index in [1.807, 2.05) is 6.92 Å². The topological polar surface area (TPSA) is 75.3 Å². The molecule has 0 saturated heterocycles. The van der Waals surface area contributed by atoms with Crippen molar-refractivity contribution in [3.63, 3.8) is 0 Å². The number of amides is 1. The summed E-state index contributed by atoms with van der Waals surface area (Å²) in [4.78, 5) is 12.1. The highest BCUT2D eigenvalue weighted by molar-refractivity contribution is 6.34. The van der Waals surface area contributed by atoms with Gasteiger partial charge in [-0.2, -0.15) is 0 Å². The highest BCUT2D eigenvalue weighted by Gasteiger charge is 2.12. The fourth-order valence-corrected chi connectivity index (χ4v) is 1.91. The fraction of sp³-hybridized carbons (Fsp3) is 0.0714. The monoisotopic (exact) mass is 276 g/mol. The lowest BCUT2D eigenvalue weighted by Crippen LogP contribution is -2.13. The van der Waals surface area contributed by atoms with Crippen molar-refractivity contribution in [2.24, 2.45) is 0 Å². The number of carbonyl (C=O) groups excluding carboxylic acids is 1. The van der Waals surface area contributed by atoms with Crippen LogP contribution in [0.25, 0.3) is 0 Å². The molecule has 0 unspecified atom stereocenters. The van der Waals surface area contributed by atoms with E-state index in [4.69, 9.17) is 17.3 Å². The third-order valence-electron chi connectivity index (χ3n) is 2.69. The van der Waals surface area contributed by atoms with Crippen LogP contribution >= 0.6 is 11.6 Å². The molecule has 0 radical (unpaired) electrons. The first-order valence-electron chi connectivity index (χ1n) is 5.63. The molecule has 2 aromatic carbocycles. The SMILES string of the molecule is Cc1cc(N)ccc1NC(=O)c1cc(O)ccc1Cl. The lowest BCUT2D eigenvalue weighted by Gasteiger charge is -2.10. The van der Waals surface area contributed by atoms with Crippen molar-refractivity contribution in [1.82, 2.24) is 0 Å². The summed E-state index contributed by atoms with van der Waals surface area (Å²) in [7, 11) is 0. The predicted molar refractivity (Wildman–Crippen MR) is 76.7 cm³/mol. The van der Waals surface area contributed by atoms with Crippen molar-refractivity contribution in [1.29, 1.82) is 0 Å². The molecule has 2 rings (SSSR count). The Balaban J connectivity index is 2.28. The Hall–Kier alpha value is -2.20. The number of aromatic hydroxyl groups is 1. The van der Waals surface area contributed by atoms with Gasteiger partial charge in [0, 0.05) is 11.4 Å². The second kappa shape index (κ2) is 5.20. The fourth-order valence-electron chi connectivity index (χ4n) is 1.70. The first-order valence-corrected chi connectivity index (χ1v) is 6.01. The molecule has 98 valence electrons. The molecule has 0 bridgehead atoms. The number of phenols is 1. The third kappa shape index (κ3) is 2.98. The van der Waals surface area contributed by atoms with E-state index in [0.29, 0.717) is 11.4 Å². The highest BCUT2D eigenvalue weighted by atomic mass is 35.5. The molecule has 0 aliphatic rings. The van der Waals surface area contributed by atoms with Crippen LogP contribution in [0.15, 0.2) is 36.4 Å². The summed E-state index contributed by atoms with van der Waals surface area (Å²) in [5.41, 5.74) is 8.00. The minimum Gasteiger partial charge on any atom is -0.508 e. The van der Waals surface area contributed by atoms with E-state index in [-0.39, 0.29) is 22.2 Å². The number of anilines is 2. The van der Waals surface area contributed by atoms with Gasteiger partial charge in [0.05, 0.1) is 10.6 Å². The van der Waals surface area contributed by atoms with Gasteiger partial charge in [0.2, 0.25) is 0 Å². The number of aryl methyl sites for hydroxylation is 1. The van der Waals surface area contributed by atoms with Crippen molar-refractivity contribution in [3.05, 3.63) is 52.5 Å². The Morgan fingerprint density at radius 3 is 2.68 bits per heavy atom. The minimum atomic E-state index is -0.381. The van der Waals surface area contributed by atoms with Crippen molar-refractivity contribution < 1.29 is 9.90 Å². The van der Waals surface area contributed by atoms with Gasteiger partial charge in [-0.1, -0.05) is 11.6 Å². The van der Waals surface area contributed by atoms with Gasteiger partial charge in [0.25, 0.3) is 5.91 Å². The number of nitrogens with one attached hydrogen (secondary N) is 1. The van der Waals surface area contributed by atoms with Crippen LogP contribution in [0.1, 0.15) is 15.9 Å². The maximum Gasteiger partial charge on any atom is 0.257 e. The van der Waals surface area contributed by atoms with E-state index >= 15 is 0 Å². The Morgan fingerprint density at radius 2 is 2.00 bits per heavy atom. The van der Waals surface area contributed by atoms with Gasteiger partial charge >= 0.3 is 0 Å². The largest absolute Gasteiger partial charge is 0.508 e. The molecule has 5 heteroatoms. The second-order valence-corrected chi connectivity index (χ2v) is 4.60. The molecular formula is C14H13ClN2O2. The summed E-state index contributed by atoms with van der Waals surface area (Å²) in [6.07, 6.45) is 0. The summed E-state index contributed by atoms with van der Waals surface area (Å²) in [6.45, 7) is 1.84. The first-order chi connectivity index (χ1) is 8.97. The van der Waals surface area contributed by atoms with Gasteiger partial charge in [-0.05, 0) is 48.9 Å². The van der Waals surface area contributed by atoms with Crippen LogP contribution in [0.2, 0.25) is 5.02 Å². The van der Waals surface area contributed by atoms with Crippen LogP contribution in [-0.2, 0) is 0 Å². The zero-order valence-electron chi connectivity index (χ0n) is 10.3. The molecule has 4 N–H and O–H groups in total. The van der Waals surface area contributed by atoms with Crippen LogP contribution in [0.3, 0.4) is 0 Å². The van der Waals surface area contributed by atoms with Crippen molar-refractivity contribution in [3.8, 4) is 5.75 Å². The van der Waals surface area contributed by atoms with Gasteiger partial charge in [-0.25, -0.2) is 0 Å². The average molecular weight is 277 g/mol. The Bertz CT molecular complexity index is 641. The number of hydrogen-bond donors (Lipinski definition) is 3. The lowest BCUT2D eigenvalue weighted by atomic mass is 10.1. The molecule has 0 aliphatic heterocycles. The third-order valence-corrected chi connectivity index (χ3v) is 3.02. The molecule has 0 aromatic heterocycles. The molecule has 0 saturated carbocycles. The van der Waals surface area contributed by atoms with Crippen molar-refractivity contribution in [2.75, 3.05) is 11.1 Å². The van der Waals surface area contributed by atoms with E-state index in [0.717, 1.165) is 5.56 Å². The number of nitrogen functional groups attached to an aromatic ring is 1. The molecule has 0 atom stereocenters. The average Bonchev–Trinajstić information content (AvgIpc) is 2.35. The summed E-state index contributed by atoms with van der Waals surface area (Å²) in [5.74, 6) is -0.391. The number of phenolic OH excluding ortho intramolecular Hbond substituents is 1. The van der Waals surface area contributed by atoms with Crippen LogP contribution in [-0.4, -0.2) is 11.0 Å². The quantitative estimate of drug-likeness (QED) is 0.737. The van der Waals surface area contributed by atoms with Gasteiger partial charge in [-0.3, -0.25) is 4.79 Å². The van der Waals surface area contributed by atoms with Crippen molar-refractivity contribution in [2.45, 2.75) is 6.92 Å². The van der Waals surface area contributed by atoms with Gasteiger partial charge in [0.1, 0.15) is 5.75 Å². The second-order valence-electron chi connectivity index (χ2n) is 4.19. The number of hydrogen-bond acceptors (Lipinski definition) is 3. The molecule has 0 aliphatic carbocycles. The maximum absolute atomic E-state index is 12.1. The molecular weight excluding hydrogens is 264 g/mol. The minimum absolute atomic E-state index is 0.0106. The number of rotatable bonds is 2. The Kier molecular flexibility index (Phi) is 3.62. The van der Waals surface area contributed by atoms with Crippen LogP contribution in [0.4, 0.5) is 11.4 Å². The summed E-state index contributed by atoms with van der Waals surface area (Å²) >= 11 is 5.93.